The van der Waals surface area contributed by atoms with E-state index in [4.69, 9.17) is 25.8 Å². The second kappa shape index (κ2) is 16.0. The van der Waals surface area contributed by atoms with Gasteiger partial charge in [-0.25, -0.2) is 4.79 Å². The summed E-state index contributed by atoms with van der Waals surface area (Å²) in [5.74, 6) is -2.07. The Kier molecular flexibility index (Phi) is 12.9. The number of hydrogen-bond donors (Lipinski definition) is 3. The molecule has 21 heteroatoms. The Morgan fingerprint density at radius 2 is 1.98 bits per heavy atom. The van der Waals surface area contributed by atoms with Crippen molar-refractivity contribution in [3.8, 4) is 0 Å². The van der Waals surface area contributed by atoms with Gasteiger partial charge in [0.2, 0.25) is 18.3 Å². The number of nitrogens with zero attached hydrogens (tertiary/aromatic N) is 6. The van der Waals surface area contributed by atoms with Crippen LogP contribution in [-0.4, -0.2) is 96.8 Å². The highest BCUT2D eigenvalue weighted by molar-refractivity contribution is 8.01. The molecule has 1 saturated heterocycles. The number of carbonyl (C=O) groups is 4. The highest BCUT2D eigenvalue weighted by atomic mass is 35.5. The van der Waals surface area contributed by atoms with Gasteiger partial charge < -0.3 is 31.1 Å². The zero-order valence-corrected chi connectivity index (χ0v) is 28.7. The molecule has 0 spiro atoms. The number of carbonyl (C=O) groups excluding carboxylic acids is 4. The molecule has 0 aliphatic carbocycles. The van der Waals surface area contributed by atoms with Crippen LogP contribution in [0.15, 0.2) is 20.8 Å². The topological polar surface area (TPSA) is 227 Å². The monoisotopic (exact) mass is 721 g/mol. The number of nitrogen functional groups attached to an aromatic ring is 1. The number of β-lactam (4-membered cyclic amide) rings is 1. The Morgan fingerprint density at radius 3 is 2.60 bits per heavy atom. The number of hydrogen-bond acceptors (Lipinski definition) is 18. The minimum atomic E-state index is -1.00. The molecule has 4 heterocycles. The molecule has 5 N–H and O–H groups in total. The molecule has 0 saturated carbocycles. The molecule has 45 heavy (non-hydrogen) atoms. The Hall–Kier alpha value is -3.04. The zero-order chi connectivity index (χ0) is 32.0. The minimum absolute atomic E-state index is 0. The van der Waals surface area contributed by atoms with Crippen LogP contribution in [0.5, 0.6) is 0 Å². The van der Waals surface area contributed by atoms with Crippen molar-refractivity contribution < 1.29 is 33.5 Å². The van der Waals surface area contributed by atoms with Gasteiger partial charge in [0.25, 0.3) is 11.8 Å². The molecular weight excluding hydrogens is 690 g/mol. The maximum Gasteiger partial charge on any atom is 0.357 e. The van der Waals surface area contributed by atoms with Crippen LogP contribution < -0.4 is 16.8 Å². The number of anilines is 1. The van der Waals surface area contributed by atoms with Gasteiger partial charge in [-0.1, -0.05) is 28.3 Å². The van der Waals surface area contributed by atoms with Gasteiger partial charge in [-0.15, -0.1) is 34.4 Å². The van der Waals surface area contributed by atoms with Crippen molar-refractivity contribution in [3.63, 3.8) is 0 Å². The van der Waals surface area contributed by atoms with Gasteiger partial charge in [0, 0.05) is 23.0 Å². The Morgan fingerprint density at radius 1 is 1.22 bits per heavy atom. The lowest BCUT2D eigenvalue weighted by Crippen LogP contribution is -2.71. The lowest BCUT2D eigenvalue weighted by molar-refractivity contribution is -0.173. The third-order valence-electron chi connectivity index (χ3n) is 5.86. The Balaban J connectivity index is 0.00000552. The molecule has 2 aliphatic heterocycles. The molecule has 2 atom stereocenters. The van der Waals surface area contributed by atoms with Crippen LogP contribution in [-0.2, 0) is 33.5 Å². The molecule has 0 radical (unpaired) electrons. The van der Waals surface area contributed by atoms with Crippen molar-refractivity contribution >= 4 is 93.4 Å². The minimum Gasteiger partial charge on any atom is -0.427 e. The van der Waals surface area contributed by atoms with E-state index in [1.807, 2.05) is 6.92 Å². The number of ether oxygens (including phenoxy) is 2. The van der Waals surface area contributed by atoms with E-state index < -0.39 is 47.4 Å². The molecule has 2 amide bonds. The van der Waals surface area contributed by atoms with Gasteiger partial charge in [-0.2, -0.15) is 9.36 Å². The van der Waals surface area contributed by atoms with E-state index in [2.05, 4.69) is 30.0 Å². The van der Waals surface area contributed by atoms with Gasteiger partial charge in [0.1, 0.15) is 28.7 Å². The number of amides is 2. The molecule has 2 aromatic heterocycles. The van der Waals surface area contributed by atoms with E-state index in [1.54, 1.807) is 20.8 Å². The van der Waals surface area contributed by atoms with Crippen LogP contribution in [0, 0.1) is 12.3 Å². The molecule has 0 bridgehead atoms. The quantitative estimate of drug-likeness (QED) is 0.0504. The fourth-order valence-electron chi connectivity index (χ4n) is 3.67. The van der Waals surface area contributed by atoms with Gasteiger partial charge in [-0.05, 0) is 46.2 Å². The Labute approximate surface area is 281 Å². The fraction of sp³-hybridized carbons (Fsp3) is 0.542. The second-order valence-corrected chi connectivity index (χ2v) is 14.6. The normalized spacial score (nSPS) is 18.0. The third kappa shape index (κ3) is 9.03. The summed E-state index contributed by atoms with van der Waals surface area (Å²) in [6.45, 7) is 6.73. The van der Waals surface area contributed by atoms with Crippen LogP contribution in [0.25, 0.3) is 0 Å². The summed E-state index contributed by atoms with van der Waals surface area (Å²) in [6.07, 6.45) is 0.500. The highest BCUT2D eigenvalue weighted by Crippen LogP contribution is 2.42. The fourth-order valence-corrected chi connectivity index (χ4v) is 7.41. The summed E-state index contributed by atoms with van der Waals surface area (Å²) >= 11 is 5.01. The van der Waals surface area contributed by atoms with E-state index in [9.17, 15) is 19.2 Å². The average Bonchev–Trinajstić information content (AvgIpc) is 3.60. The molecule has 2 aliphatic rings. The van der Waals surface area contributed by atoms with Crippen LogP contribution in [0.1, 0.15) is 38.0 Å². The Bertz CT molecular complexity index is 1480. The number of aromatic nitrogens is 4. The lowest BCUT2D eigenvalue weighted by Gasteiger charge is -2.49. The van der Waals surface area contributed by atoms with Crippen molar-refractivity contribution in [2.75, 3.05) is 37.2 Å². The highest BCUT2D eigenvalue weighted by Gasteiger charge is 2.54. The van der Waals surface area contributed by atoms with Crippen LogP contribution in [0.3, 0.4) is 0 Å². The summed E-state index contributed by atoms with van der Waals surface area (Å²) in [5, 5.41) is 14.9. The molecule has 246 valence electrons. The smallest absolute Gasteiger partial charge is 0.357 e. The van der Waals surface area contributed by atoms with Crippen molar-refractivity contribution in [2.45, 2.75) is 49.9 Å². The first kappa shape index (κ1) is 36.4. The van der Waals surface area contributed by atoms with Gasteiger partial charge in [0.05, 0.1) is 5.41 Å². The number of rotatable bonds is 13. The largest absolute Gasteiger partial charge is 0.427 e. The average molecular weight is 722 g/mol. The number of aryl methyl sites for hydroxylation is 1. The van der Waals surface area contributed by atoms with Crippen LogP contribution in [0.4, 0.5) is 5.13 Å². The van der Waals surface area contributed by atoms with Crippen LogP contribution in [0.2, 0.25) is 0 Å². The predicted octanol–water partition coefficient (Wildman–Crippen LogP) is 1.31. The number of halogens is 1. The van der Waals surface area contributed by atoms with Gasteiger partial charge in [-0.3, -0.25) is 19.3 Å². The first-order valence-electron chi connectivity index (χ1n) is 13.1. The molecule has 0 aromatic carbocycles. The maximum atomic E-state index is 13.5. The number of esters is 2. The first-order chi connectivity index (χ1) is 20.9. The summed E-state index contributed by atoms with van der Waals surface area (Å²) in [6, 6.07) is -1.00. The molecule has 4 rings (SSSR count). The standard InChI is InChI=1S/C24H31N9O7S4.ClH/c1-11-29-30-23(43-11)42-9-12-8-41-19-14(18(35)33(19)15(12)20(36)38-10-39-21(37)24(2,3)4)27-17(34)13(31-40-7-5-6-25)16-28-22(26)44-32-16;/h14,19H,5-10,25H2,1-4H3,(H,27,34)(H2,26,28,32);1H/b31-13+;/t14?,19-;/m1./s1. The van der Waals surface area contributed by atoms with Gasteiger partial charge in [0.15, 0.2) is 9.47 Å². The number of oxime groups is 1. The lowest BCUT2D eigenvalue weighted by atomic mass is 9.98. The molecule has 2 aromatic rings. The van der Waals surface area contributed by atoms with Crippen molar-refractivity contribution in [2.24, 2.45) is 16.3 Å². The SMILES string of the molecule is Cc1nnc(SCC2=C(C(=O)OCOC(=O)C(C)(C)C)N3C(=O)C(NC(=O)/C(=N/OCCCN)c4nsc(N)n4)[C@H]3SC2)s1.Cl. The predicted molar refractivity (Wildman–Crippen MR) is 172 cm³/mol. The van der Waals surface area contributed by atoms with Gasteiger partial charge >= 0.3 is 11.9 Å². The number of thioether (sulfide) groups is 2. The summed E-state index contributed by atoms with van der Waals surface area (Å²) in [7, 11) is 0. The van der Waals surface area contributed by atoms with Crippen LogP contribution >= 0.6 is 58.8 Å². The number of nitrogens with two attached hydrogens (primary N) is 2. The van der Waals surface area contributed by atoms with E-state index in [1.165, 1.54) is 39.8 Å². The zero-order valence-electron chi connectivity index (χ0n) is 24.6. The molecule has 1 unspecified atom stereocenters. The molecule has 1 fully saturated rings. The van der Waals surface area contributed by atoms with E-state index in [0.29, 0.717) is 34.4 Å². The van der Waals surface area contributed by atoms with E-state index in [0.717, 1.165) is 16.5 Å². The summed E-state index contributed by atoms with van der Waals surface area (Å²) in [4.78, 5) is 62.7. The van der Waals surface area contributed by atoms with Crippen molar-refractivity contribution in [1.29, 1.82) is 0 Å². The molecular formula is C24H32ClN9O7S4. The second-order valence-electron chi connectivity index (χ2n) is 10.3. The number of nitrogens with one attached hydrogen (secondary N) is 1. The third-order valence-corrected chi connectivity index (χ3v) is 9.80. The van der Waals surface area contributed by atoms with E-state index >= 15 is 0 Å². The molecule has 16 nitrogen and oxygen atoms in total. The number of fused-ring (bicyclic) bond motifs is 1. The van der Waals surface area contributed by atoms with Crippen molar-refractivity contribution in [3.05, 3.63) is 22.1 Å². The maximum absolute atomic E-state index is 13.5. The van der Waals surface area contributed by atoms with Crippen molar-refractivity contribution in [1.82, 2.24) is 29.8 Å². The summed E-state index contributed by atoms with van der Waals surface area (Å²) in [5.41, 5.74) is 10.8. The summed E-state index contributed by atoms with van der Waals surface area (Å²) < 4.78 is 15.1. The van der Waals surface area contributed by atoms with E-state index in [-0.39, 0.29) is 41.4 Å². The first-order valence-corrected chi connectivity index (χ1v) is 16.8.